The van der Waals surface area contributed by atoms with Crippen LogP contribution in [0.15, 0.2) is 12.1 Å². The van der Waals surface area contributed by atoms with Crippen molar-refractivity contribution >= 4 is 0 Å². The fourth-order valence-electron chi connectivity index (χ4n) is 2.58. The molecule has 3 nitrogen and oxygen atoms in total. The zero-order valence-electron chi connectivity index (χ0n) is 10.6. The number of halogens is 2. The van der Waals surface area contributed by atoms with E-state index >= 15 is 0 Å². The highest BCUT2D eigenvalue weighted by Gasteiger charge is 2.46. The van der Waals surface area contributed by atoms with E-state index in [1.54, 1.807) is 14.0 Å². The van der Waals surface area contributed by atoms with E-state index in [1.165, 1.54) is 12.1 Å². The van der Waals surface area contributed by atoms with E-state index in [0.717, 1.165) is 19.3 Å². The first-order valence-corrected chi connectivity index (χ1v) is 6.01. The van der Waals surface area contributed by atoms with Crippen LogP contribution in [0.25, 0.3) is 0 Å². The molecule has 1 saturated carbocycles. The van der Waals surface area contributed by atoms with E-state index in [0.29, 0.717) is 5.56 Å². The molecular formula is C13H18F2N2O. The predicted molar refractivity (Wildman–Crippen MR) is 64.8 cm³/mol. The van der Waals surface area contributed by atoms with Gasteiger partial charge in [0.1, 0.15) is 11.6 Å². The number of hydrazine groups is 1. The number of nitrogens with two attached hydrogens (primary N) is 1. The maximum Gasteiger partial charge on any atom is 0.133 e. The summed E-state index contributed by atoms with van der Waals surface area (Å²) in [7, 11) is 1.55. The average Bonchev–Trinajstić information content (AvgIpc) is 2.31. The number of nitrogens with one attached hydrogen (secondary N) is 1. The second-order valence-corrected chi connectivity index (χ2v) is 4.81. The van der Waals surface area contributed by atoms with Crippen LogP contribution >= 0.6 is 0 Å². The normalized spacial score (nSPS) is 19.4. The quantitative estimate of drug-likeness (QED) is 0.642. The molecule has 0 saturated heterocycles. The van der Waals surface area contributed by atoms with E-state index in [2.05, 4.69) is 5.43 Å². The van der Waals surface area contributed by atoms with Gasteiger partial charge in [-0.15, -0.1) is 0 Å². The summed E-state index contributed by atoms with van der Waals surface area (Å²) in [5.74, 6) is 4.35. The Bertz CT molecular complexity index is 441. The maximum atomic E-state index is 14.1. The van der Waals surface area contributed by atoms with Gasteiger partial charge in [-0.05, 0) is 37.8 Å². The fraction of sp³-hybridized carbons (Fsp3) is 0.538. The molecule has 1 fully saturated rings. The number of benzene rings is 1. The second-order valence-electron chi connectivity index (χ2n) is 4.81. The molecule has 1 aliphatic rings. The van der Waals surface area contributed by atoms with Gasteiger partial charge >= 0.3 is 0 Å². The molecule has 2 rings (SSSR count). The first-order valence-electron chi connectivity index (χ1n) is 6.01. The van der Waals surface area contributed by atoms with Crippen LogP contribution < -0.4 is 11.3 Å². The summed E-state index contributed by atoms with van der Waals surface area (Å²) in [5.41, 5.74) is 2.28. The van der Waals surface area contributed by atoms with E-state index in [-0.39, 0.29) is 5.56 Å². The summed E-state index contributed by atoms with van der Waals surface area (Å²) in [6, 6.07) is 2.01. The topological polar surface area (TPSA) is 47.3 Å². The zero-order valence-corrected chi connectivity index (χ0v) is 10.6. The minimum absolute atomic E-state index is 0.0287. The molecule has 0 aromatic heterocycles. The van der Waals surface area contributed by atoms with Gasteiger partial charge in [-0.25, -0.2) is 14.2 Å². The summed E-state index contributed by atoms with van der Waals surface area (Å²) < 4.78 is 33.5. The lowest BCUT2D eigenvalue weighted by molar-refractivity contribution is -0.101. The molecule has 0 bridgehead atoms. The Morgan fingerprint density at radius 3 is 2.50 bits per heavy atom. The monoisotopic (exact) mass is 256 g/mol. The minimum Gasteiger partial charge on any atom is -0.376 e. The highest BCUT2D eigenvalue weighted by Crippen LogP contribution is 2.45. The second kappa shape index (κ2) is 4.91. The van der Waals surface area contributed by atoms with Crippen molar-refractivity contribution in [3.8, 4) is 0 Å². The van der Waals surface area contributed by atoms with Gasteiger partial charge in [-0.3, -0.25) is 5.84 Å². The highest BCUT2D eigenvalue weighted by molar-refractivity contribution is 5.32. The number of ether oxygens (including phenoxy) is 1. The molecule has 0 radical (unpaired) electrons. The molecule has 1 aliphatic carbocycles. The lowest BCUT2D eigenvalue weighted by atomic mass is 9.72. The van der Waals surface area contributed by atoms with E-state index in [9.17, 15) is 8.78 Å². The first kappa shape index (κ1) is 13.4. The smallest absolute Gasteiger partial charge is 0.133 e. The molecule has 5 heteroatoms. The Morgan fingerprint density at radius 2 is 2.06 bits per heavy atom. The predicted octanol–water partition coefficient (Wildman–Crippen LogP) is 2.35. The molecule has 0 spiro atoms. The number of rotatable bonds is 4. The van der Waals surface area contributed by atoms with E-state index in [1.807, 2.05) is 0 Å². The van der Waals surface area contributed by atoms with Gasteiger partial charge in [-0.1, -0.05) is 6.07 Å². The Morgan fingerprint density at radius 1 is 1.39 bits per heavy atom. The lowest BCUT2D eigenvalue weighted by Crippen LogP contribution is -2.53. The zero-order chi connectivity index (χ0) is 13.3. The van der Waals surface area contributed by atoms with Crippen LogP contribution in [0.5, 0.6) is 0 Å². The van der Waals surface area contributed by atoms with Crippen LogP contribution in [0, 0.1) is 18.6 Å². The number of methoxy groups -OCH3 is 1. The van der Waals surface area contributed by atoms with Gasteiger partial charge in [-0.2, -0.15) is 0 Å². The Kier molecular flexibility index (Phi) is 3.66. The van der Waals surface area contributed by atoms with Crippen molar-refractivity contribution in [2.45, 2.75) is 37.8 Å². The van der Waals surface area contributed by atoms with Crippen molar-refractivity contribution in [3.05, 3.63) is 34.9 Å². The van der Waals surface area contributed by atoms with Crippen LogP contribution in [-0.2, 0) is 4.74 Å². The summed E-state index contributed by atoms with van der Waals surface area (Å²) in [6.45, 7) is 1.60. The van der Waals surface area contributed by atoms with Gasteiger partial charge in [0, 0.05) is 12.7 Å². The molecule has 0 heterocycles. The van der Waals surface area contributed by atoms with Crippen LogP contribution in [0.3, 0.4) is 0 Å². The fourth-order valence-corrected chi connectivity index (χ4v) is 2.58. The summed E-state index contributed by atoms with van der Waals surface area (Å²) in [4.78, 5) is 0. The van der Waals surface area contributed by atoms with Crippen molar-refractivity contribution in [2.24, 2.45) is 5.84 Å². The lowest BCUT2D eigenvalue weighted by Gasteiger charge is -2.46. The third kappa shape index (κ3) is 1.92. The largest absolute Gasteiger partial charge is 0.376 e. The van der Waals surface area contributed by atoms with Crippen molar-refractivity contribution < 1.29 is 13.5 Å². The summed E-state index contributed by atoms with van der Waals surface area (Å²) in [6.07, 6.45) is 2.46. The summed E-state index contributed by atoms with van der Waals surface area (Å²) in [5, 5.41) is 0. The van der Waals surface area contributed by atoms with Gasteiger partial charge in [0.05, 0.1) is 11.6 Å². The molecule has 3 N–H and O–H groups in total. The molecule has 1 aromatic rings. The highest BCUT2D eigenvalue weighted by atomic mass is 19.1. The number of hydrogen-bond acceptors (Lipinski definition) is 3. The van der Waals surface area contributed by atoms with Crippen molar-refractivity contribution in [1.29, 1.82) is 0 Å². The maximum absolute atomic E-state index is 14.1. The SMILES string of the molecule is COC1(C(NN)c2c(F)ccc(C)c2F)CCC1. The molecule has 1 atom stereocenters. The third-order valence-electron chi connectivity index (χ3n) is 3.91. The van der Waals surface area contributed by atoms with Gasteiger partial charge < -0.3 is 4.74 Å². The first-order chi connectivity index (χ1) is 8.55. The Hall–Kier alpha value is -1.04. The van der Waals surface area contributed by atoms with Crippen molar-refractivity contribution in [1.82, 2.24) is 5.43 Å². The van der Waals surface area contributed by atoms with Gasteiger partial charge in [0.25, 0.3) is 0 Å². The van der Waals surface area contributed by atoms with Gasteiger partial charge in [0.15, 0.2) is 0 Å². The summed E-state index contributed by atoms with van der Waals surface area (Å²) >= 11 is 0. The number of hydrogen-bond donors (Lipinski definition) is 2. The molecule has 0 amide bonds. The van der Waals surface area contributed by atoms with Crippen molar-refractivity contribution in [3.63, 3.8) is 0 Å². The van der Waals surface area contributed by atoms with E-state index < -0.39 is 23.3 Å². The average molecular weight is 256 g/mol. The van der Waals surface area contributed by atoms with Crippen molar-refractivity contribution in [2.75, 3.05) is 7.11 Å². The minimum atomic E-state index is -0.670. The standard InChI is InChI=1S/C13H18F2N2O/c1-8-4-5-9(14)10(11(8)15)12(17-16)13(18-2)6-3-7-13/h4-5,12,17H,3,6-7,16H2,1-2H3. The van der Waals surface area contributed by atoms with Crippen LogP contribution in [0.2, 0.25) is 0 Å². The molecule has 18 heavy (non-hydrogen) atoms. The molecular weight excluding hydrogens is 238 g/mol. The molecule has 100 valence electrons. The van der Waals surface area contributed by atoms with Gasteiger partial charge in [0.2, 0.25) is 0 Å². The molecule has 1 unspecified atom stereocenters. The molecule has 0 aliphatic heterocycles. The van der Waals surface area contributed by atoms with E-state index in [4.69, 9.17) is 10.6 Å². The van der Waals surface area contributed by atoms with Crippen LogP contribution in [-0.4, -0.2) is 12.7 Å². The van der Waals surface area contributed by atoms with Crippen LogP contribution in [0.4, 0.5) is 8.78 Å². The Balaban J connectivity index is 2.48. The number of aryl methyl sites for hydroxylation is 1. The molecule has 1 aromatic carbocycles. The third-order valence-corrected chi connectivity index (χ3v) is 3.91. The van der Waals surface area contributed by atoms with Crippen LogP contribution in [0.1, 0.15) is 36.4 Å². The Labute approximate surface area is 105 Å².